The van der Waals surface area contributed by atoms with Gasteiger partial charge in [-0.1, -0.05) is 11.6 Å². The minimum atomic E-state index is -0.996. The van der Waals surface area contributed by atoms with Crippen LogP contribution in [0.25, 0.3) is 0 Å². The largest absolute Gasteiger partial charge is 0.476 e. The smallest absolute Gasteiger partial charge is 0.349 e. The first kappa shape index (κ1) is 21.7. The van der Waals surface area contributed by atoms with Gasteiger partial charge in [0.15, 0.2) is 5.60 Å². The molecule has 0 spiro atoms. The topological polar surface area (TPSA) is 55.8 Å². The molecule has 0 atom stereocenters. The Morgan fingerprint density at radius 2 is 1.74 bits per heavy atom. The molecule has 1 aromatic rings. The second-order valence-electron chi connectivity index (χ2n) is 6.52. The van der Waals surface area contributed by atoms with E-state index in [9.17, 15) is 4.79 Å². The van der Waals surface area contributed by atoms with Crippen molar-refractivity contribution in [3.63, 3.8) is 0 Å². The Labute approximate surface area is 144 Å². The first-order valence-corrected chi connectivity index (χ1v) is 7.92. The third-order valence-corrected chi connectivity index (χ3v) is 2.98. The van der Waals surface area contributed by atoms with Crippen LogP contribution >= 0.6 is 11.6 Å². The first-order chi connectivity index (χ1) is 10.5. The summed E-state index contributed by atoms with van der Waals surface area (Å²) in [7, 11) is 6.16. The molecule has 0 aliphatic rings. The fourth-order valence-electron chi connectivity index (χ4n) is 1.44. The van der Waals surface area contributed by atoms with Crippen molar-refractivity contribution in [2.75, 3.05) is 40.9 Å². The lowest BCUT2D eigenvalue weighted by molar-refractivity contribution is -0.870. The Morgan fingerprint density at radius 1 is 1.22 bits per heavy atom. The van der Waals surface area contributed by atoms with Crippen LogP contribution in [0.4, 0.5) is 0 Å². The van der Waals surface area contributed by atoms with Gasteiger partial charge in [0, 0.05) is 5.02 Å². The van der Waals surface area contributed by atoms with Crippen molar-refractivity contribution in [1.82, 2.24) is 0 Å². The summed E-state index contributed by atoms with van der Waals surface area (Å²) in [6, 6.07) is 6.84. The zero-order valence-electron chi connectivity index (χ0n) is 14.9. The number of halogens is 1. The average Bonchev–Trinajstić information content (AvgIpc) is 2.41. The van der Waals surface area contributed by atoms with E-state index in [0.29, 0.717) is 17.4 Å². The molecule has 6 heteroatoms. The third kappa shape index (κ3) is 10.2. The number of hydrogen-bond acceptors (Lipinski definition) is 4. The molecule has 0 unspecified atom stereocenters. The summed E-state index contributed by atoms with van der Waals surface area (Å²) in [4.78, 5) is 11.6. The molecule has 5 nitrogen and oxygen atoms in total. The Balaban J connectivity index is 0.000000585. The highest BCUT2D eigenvalue weighted by molar-refractivity contribution is 6.30. The number of aliphatic hydroxyl groups excluding tert-OH is 1. The summed E-state index contributed by atoms with van der Waals surface area (Å²) in [5, 5.41) is 9.01. The second-order valence-corrected chi connectivity index (χ2v) is 6.96. The molecule has 0 heterocycles. The van der Waals surface area contributed by atoms with E-state index in [0.717, 1.165) is 11.0 Å². The van der Waals surface area contributed by atoms with E-state index in [1.54, 1.807) is 45.0 Å². The van der Waals surface area contributed by atoms with Crippen LogP contribution in [-0.4, -0.2) is 62.1 Å². The summed E-state index contributed by atoms with van der Waals surface area (Å²) in [5.41, 5.74) is -0.996. The molecule has 0 saturated carbocycles. The van der Waals surface area contributed by atoms with Crippen molar-refractivity contribution in [3.05, 3.63) is 29.3 Å². The first-order valence-electron chi connectivity index (χ1n) is 7.55. The van der Waals surface area contributed by atoms with Gasteiger partial charge in [-0.3, -0.25) is 0 Å². The van der Waals surface area contributed by atoms with Crippen LogP contribution in [0.1, 0.15) is 20.8 Å². The van der Waals surface area contributed by atoms with Crippen LogP contribution in [0.5, 0.6) is 5.75 Å². The van der Waals surface area contributed by atoms with Crippen LogP contribution in [0, 0.1) is 0 Å². The molecule has 0 aliphatic carbocycles. The number of ether oxygens (including phenoxy) is 2. The van der Waals surface area contributed by atoms with Gasteiger partial charge in [-0.15, -0.1) is 0 Å². The van der Waals surface area contributed by atoms with Crippen LogP contribution < -0.4 is 4.74 Å². The van der Waals surface area contributed by atoms with E-state index in [1.165, 1.54) is 0 Å². The molecule has 0 bridgehead atoms. The Kier molecular flexibility index (Phi) is 9.20. The van der Waals surface area contributed by atoms with Gasteiger partial charge in [-0.2, -0.15) is 0 Å². The lowest BCUT2D eigenvalue weighted by atomic mass is 10.1. The van der Waals surface area contributed by atoms with Crippen molar-refractivity contribution >= 4 is 17.6 Å². The number of carbonyl (C=O) groups excluding carboxylic acids is 1. The minimum absolute atomic E-state index is 0.281. The van der Waals surface area contributed by atoms with Gasteiger partial charge in [0.05, 0.1) is 34.4 Å². The molecule has 23 heavy (non-hydrogen) atoms. The number of rotatable bonds is 6. The van der Waals surface area contributed by atoms with Crippen LogP contribution in [0.2, 0.25) is 5.02 Å². The minimum Gasteiger partial charge on any atom is -0.476 e. The van der Waals surface area contributed by atoms with E-state index in [4.69, 9.17) is 26.2 Å². The van der Waals surface area contributed by atoms with E-state index in [-0.39, 0.29) is 12.6 Å². The van der Waals surface area contributed by atoms with Gasteiger partial charge < -0.3 is 19.1 Å². The van der Waals surface area contributed by atoms with E-state index in [1.807, 2.05) is 0 Å². The second kappa shape index (κ2) is 9.75. The lowest BCUT2D eigenvalue weighted by Gasteiger charge is -2.23. The Bertz CT molecular complexity index is 466. The third-order valence-electron chi connectivity index (χ3n) is 2.72. The molecule has 0 aromatic heterocycles. The zero-order chi connectivity index (χ0) is 18.1. The summed E-state index contributed by atoms with van der Waals surface area (Å²) in [5.74, 6) is 0.201. The molecule has 0 aliphatic heterocycles. The van der Waals surface area contributed by atoms with Crippen molar-refractivity contribution in [2.45, 2.75) is 26.4 Å². The van der Waals surface area contributed by atoms with Gasteiger partial charge in [0.1, 0.15) is 12.3 Å². The number of quaternary nitrogens is 1. The van der Waals surface area contributed by atoms with Crippen LogP contribution in [0.3, 0.4) is 0 Å². The maximum Gasteiger partial charge on any atom is 0.349 e. The van der Waals surface area contributed by atoms with Crippen molar-refractivity contribution < 1.29 is 23.9 Å². The summed E-state index contributed by atoms with van der Waals surface area (Å²) in [6.07, 6.45) is 0. The van der Waals surface area contributed by atoms with Crippen molar-refractivity contribution in [3.8, 4) is 5.75 Å². The van der Waals surface area contributed by atoms with Gasteiger partial charge in [0.25, 0.3) is 0 Å². The molecule has 1 rings (SSSR count). The summed E-state index contributed by atoms with van der Waals surface area (Å²) in [6.45, 7) is 6.55. The molecule has 0 fully saturated rings. The molecular formula is C17H29ClNO4+. The molecule has 1 N–H and O–H groups in total. The number of carbonyl (C=O) groups is 1. The Hall–Kier alpha value is -1.30. The molecule has 0 saturated heterocycles. The fraction of sp³-hybridized carbons (Fsp3) is 0.588. The standard InChI is InChI=1S/C12H15ClO3.C5H14NO/c1-4-15-11(14)12(2,3)16-10-7-5-9(13)6-8-10;1-6(2,3)4-5-7/h5-8H,4H2,1-3H3;7H,4-5H2,1-3H3/q;+1. The van der Waals surface area contributed by atoms with E-state index < -0.39 is 5.60 Å². The molecule has 132 valence electrons. The highest BCUT2D eigenvalue weighted by Gasteiger charge is 2.31. The predicted molar refractivity (Wildman–Crippen MR) is 92.8 cm³/mol. The van der Waals surface area contributed by atoms with Gasteiger partial charge in [0.2, 0.25) is 0 Å². The van der Waals surface area contributed by atoms with E-state index >= 15 is 0 Å². The quantitative estimate of drug-likeness (QED) is 0.635. The number of aliphatic hydroxyl groups is 1. The van der Waals surface area contributed by atoms with Crippen LogP contribution in [0.15, 0.2) is 24.3 Å². The molecule has 0 amide bonds. The fourth-order valence-corrected chi connectivity index (χ4v) is 1.57. The maximum absolute atomic E-state index is 11.6. The van der Waals surface area contributed by atoms with E-state index in [2.05, 4.69) is 21.1 Å². The zero-order valence-corrected chi connectivity index (χ0v) is 15.7. The average molecular weight is 347 g/mol. The highest BCUT2D eigenvalue weighted by Crippen LogP contribution is 2.21. The predicted octanol–water partition coefficient (Wildman–Crippen LogP) is 2.75. The number of benzene rings is 1. The van der Waals surface area contributed by atoms with Crippen molar-refractivity contribution in [1.29, 1.82) is 0 Å². The van der Waals surface area contributed by atoms with Gasteiger partial charge >= 0.3 is 5.97 Å². The lowest BCUT2D eigenvalue weighted by Crippen LogP contribution is -2.39. The molecule has 1 aromatic carbocycles. The number of likely N-dealkylation sites (N-methyl/N-ethyl adjacent to an activating group) is 1. The number of nitrogens with zero attached hydrogens (tertiary/aromatic N) is 1. The SMILES string of the molecule is CCOC(=O)C(C)(C)Oc1ccc(Cl)cc1.C[N+](C)(C)CCO. The number of esters is 1. The molecular weight excluding hydrogens is 318 g/mol. The summed E-state index contributed by atoms with van der Waals surface area (Å²) < 4.78 is 11.3. The Morgan fingerprint density at radius 3 is 2.09 bits per heavy atom. The van der Waals surface area contributed by atoms with Gasteiger partial charge in [-0.05, 0) is 45.0 Å². The maximum atomic E-state index is 11.6. The molecule has 0 radical (unpaired) electrons. The van der Waals surface area contributed by atoms with Crippen LogP contribution in [-0.2, 0) is 9.53 Å². The highest BCUT2D eigenvalue weighted by atomic mass is 35.5. The van der Waals surface area contributed by atoms with Gasteiger partial charge in [-0.25, -0.2) is 4.79 Å². The van der Waals surface area contributed by atoms with Crippen molar-refractivity contribution in [2.24, 2.45) is 0 Å². The normalized spacial score (nSPS) is 11.3. The number of hydrogen-bond donors (Lipinski definition) is 1. The summed E-state index contributed by atoms with van der Waals surface area (Å²) >= 11 is 5.75. The monoisotopic (exact) mass is 346 g/mol.